The highest BCUT2D eigenvalue weighted by Gasteiger charge is 2.19. The molecule has 0 aliphatic heterocycles. The van der Waals surface area contributed by atoms with Crippen molar-refractivity contribution in [1.29, 1.82) is 0 Å². The largest absolute Gasteiger partial charge is 0.462 e. The molecule has 6 nitrogen and oxygen atoms in total. The van der Waals surface area contributed by atoms with E-state index in [9.17, 15) is 14.4 Å². The van der Waals surface area contributed by atoms with E-state index < -0.39 is 6.10 Å². The number of allylic oxidation sites excluding steroid dienone is 18. The summed E-state index contributed by atoms with van der Waals surface area (Å²) in [6.45, 7) is 6.41. The smallest absolute Gasteiger partial charge is 0.306 e. The van der Waals surface area contributed by atoms with E-state index in [4.69, 9.17) is 14.2 Å². The van der Waals surface area contributed by atoms with Crippen LogP contribution >= 0.6 is 0 Å². The van der Waals surface area contributed by atoms with Crippen LogP contribution in [0.5, 0.6) is 0 Å². The number of carbonyl (C=O) groups is 3. The fraction of sp³-hybridized carbons (Fsp3) is 0.716. The third-order valence-electron chi connectivity index (χ3n) is 14.5. The standard InChI is InChI=1S/C74H126O6/c1-4-7-10-13-16-19-22-25-27-28-29-30-31-32-33-34-35-36-37-38-39-40-41-42-43-44-45-46-47-50-52-55-58-61-64-67-73(76)79-70-71(69-78-72(75)66-63-60-57-54-51-48-24-21-18-15-12-9-6-3)80-74(77)68-65-62-59-56-53-49-26-23-20-17-14-11-8-5-2/h7,9-10,12,16,18-19,21,25,27,29-30,32-33,35-36,48,51,71H,4-6,8,11,13-15,17,20,22-24,26,28,31,34,37-47,49-50,52-70H2,1-3H3/b10-7-,12-9-,19-16-,21-18-,27-25-,30-29-,33-32-,36-35-,51-48-. The summed E-state index contributed by atoms with van der Waals surface area (Å²) in [5, 5.41) is 0. The molecule has 0 aliphatic rings. The maximum atomic E-state index is 12.9. The second-order valence-corrected chi connectivity index (χ2v) is 22.3. The van der Waals surface area contributed by atoms with E-state index in [0.717, 1.165) is 122 Å². The Hall–Kier alpha value is -3.93. The van der Waals surface area contributed by atoms with Gasteiger partial charge in [0.05, 0.1) is 0 Å². The number of unbranched alkanes of at least 4 members (excludes halogenated alkanes) is 32. The lowest BCUT2D eigenvalue weighted by Crippen LogP contribution is -2.30. The zero-order valence-electron chi connectivity index (χ0n) is 52.6. The summed E-state index contributed by atoms with van der Waals surface area (Å²) < 4.78 is 16.9. The molecule has 0 aromatic rings. The van der Waals surface area contributed by atoms with E-state index in [1.165, 1.54) is 161 Å². The van der Waals surface area contributed by atoms with Gasteiger partial charge in [0.1, 0.15) is 13.2 Å². The second-order valence-electron chi connectivity index (χ2n) is 22.3. The average Bonchev–Trinajstić information content (AvgIpc) is 3.46. The molecular weight excluding hydrogens is 985 g/mol. The Labute approximate surface area is 495 Å². The fourth-order valence-electron chi connectivity index (χ4n) is 9.52. The van der Waals surface area contributed by atoms with Crippen molar-refractivity contribution in [2.75, 3.05) is 13.2 Å². The quantitative estimate of drug-likeness (QED) is 0.0261. The minimum absolute atomic E-state index is 0.0835. The van der Waals surface area contributed by atoms with Gasteiger partial charge in [-0.15, -0.1) is 0 Å². The van der Waals surface area contributed by atoms with Crippen LogP contribution in [0.4, 0.5) is 0 Å². The van der Waals surface area contributed by atoms with E-state index in [1.54, 1.807) is 0 Å². The molecule has 0 fully saturated rings. The monoisotopic (exact) mass is 1110 g/mol. The van der Waals surface area contributed by atoms with Crippen molar-refractivity contribution in [3.63, 3.8) is 0 Å². The topological polar surface area (TPSA) is 78.9 Å². The SMILES string of the molecule is CC/C=C\C/C=C\C/C=C\C/C=C\C/C=C\C/C=C\CCCCCCCCCCCCCCCCCCC(=O)OCC(COC(=O)CCCCC/C=C\C/C=C\C/C=C\CC)OC(=O)CCCCCCCCCCCCCCCC. The molecule has 0 spiro atoms. The van der Waals surface area contributed by atoms with Gasteiger partial charge in [0.15, 0.2) is 6.10 Å². The number of carbonyl (C=O) groups excluding carboxylic acids is 3. The second kappa shape index (κ2) is 67.6. The van der Waals surface area contributed by atoms with Crippen LogP contribution in [-0.4, -0.2) is 37.2 Å². The van der Waals surface area contributed by atoms with Gasteiger partial charge in [0.25, 0.3) is 0 Å². The van der Waals surface area contributed by atoms with Gasteiger partial charge < -0.3 is 14.2 Å². The van der Waals surface area contributed by atoms with Crippen LogP contribution in [-0.2, 0) is 28.6 Å². The molecule has 458 valence electrons. The minimum Gasteiger partial charge on any atom is -0.462 e. The molecule has 80 heavy (non-hydrogen) atoms. The number of rotatable bonds is 61. The molecule has 0 saturated carbocycles. The summed E-state index contributed by atoms with van der Waals surface area (Å²) in [5.41, 5.74) is 0. The summed E-state index contributed by atoms with van der Waals surface area (Å²) in [5.74, 6) is -0.901. The van der Waals surface area contributed by atoms with Crippen molar-refractivity contribution < 1.29 is 28.6 Å². The molecule has 0 saturated heterocycles. The van der Waals surface area contributed by atoms with Crippen molar-refractivity contribution in [2.24, 2.45) is 0 Å². The van der Waals surface area contributed by atoms with Gasteiger partial charge in [0, 0.05) is 19.3 Å². The predicted octanol–water partition coefficient (Wildman–Crippen LogP) is 23.4. The van der Waals surface area contributed by atoms with Crippen LogP contribution in [0.2, 0.25) is 0 Å². The molecule has 6 heteroatoms. The summed E-state index contributed by atoms with van der Waals surface area (Å²) >= 11 is 0. The molecule has 0 N–H and O–H groups in total. The van der Waals surface area contributed by atoms with Gasteiger partial charge in [-0.3, -0.25) is 14.4 Å². The highest BCUT2D eigenvalue weighted by Crippen LogP contribution is 2.17. The number of hydrogen-bond donors (Lipinski definition) is 0. The van der Waals surface area contributed by atoms with Crippen molar-refractivity contribution in [2.45, 2.75) is 329 Å². The predicted molar refractivity (Wildman–Crippen MR) is 348 cm³/mol. The van der Waals surface area contributed by atoms with Crippen LogP contribution in [0.15, 0.2) is 109 Å². The molecule has 0 radical (unpaired) electrons. The molecule has 0 aromatic heterocycles. The van der Waals surface area contributed by atoms with Crippen LogP contribution < -0.4 is 0 Å². The van der Waals surface area contributed by atoms with Gasteiger partial charge in [-0.25, -0.2) is 0 Å². The molecule has 0 bridgehead atoms. The Kier molecular flexibility index (Phi) is 64.3. The Morgan fingerprint density at radius 1 is 0.263 bits per heavy atom. The van der Waals surface area contributed by atoms with Crippen LogP contribution in [0, 0.1) is 0 Å². The summed E-state index contributed by atoms with van der Waals surface area (Å²) in [4.78, 5) is 38.3. The number of ether oxygens (including phenoxy) is 3. The lowest BCUT2D eigenvalue weighted by Gasteiger charge is -2.18. The first-order chi connectivity index (χ1) is 39.5. The molecule has 0 aliphatic carbocycles. The molecule has 0 aromatic carbocycles. The van der Waals surface area contributed by atoms with Gasteiger partial charge in [-0.1, -0.05) is 310 Å². The van der Waals surface area contributed by atoms with Gasteiger partial charge in [0.2, 0.25) is 0 Å². The van der Waals surface area contributed by atoms with E-state index in [2.05, 4.69) is 130 Å². The zero-order valence-corrected chi connectivity index (χ0v) is 52.6. The van der Waals surface area contributed by atoms with E-state index in [-0.39, 0.29) is 31.1 Å². The Bertz CT molecular complexity index is 1610. The molecule has 1 unspecified atom stereocenters. The van der Waals surface area contributed by atoms with Crippen LogP contribution in [0.25, 0.3) is 0 Å². The van der Waals surface area contributed by atoms with Crippen molar-refractivity contribution in [1.82, 2.24) is 0 Å². The highest BCUT2D eigenvalue weighted by molar-refractivity contribution is 5.71. The number of hydrogen-bond acceptors (Lipinski definition) is 6. The molecule has 1 atom stereocenters. The first-order valence-corrected chi connectivity index (χ1v) is 33.9. The van der Waals surface area contributed by atoms with Gasteiger partial charge in [-0.05, 0) is 103 Å². The van der Waals surface area contributed by atoms with E-state index >= 15 is 0 Å². The molecule has 0 amide bonds. The van der Waals surface area contributed by atoms with Crippen LogP contribution in [0.1, 0.15) is 323 Å². The zero-order chi connectivity index (χ0) is 57.8. The first-order valence-electron chi connectivity index (χ1n) is 33.9. The fourth-order valence-corrected chi connectivity index (χ4v) is 9.52. The number of esters is 3. The van der Waals surface area contributed by atoms with Crippen LogP contribution in [0.3, 0.4) is 0 Å². The minimum atomic E-state index is -0.788. The van der Waals surface area contributed by atoms with Gasteiger partial charge >= 0.3 is 17.9 Å². The van der Waals surface area contributed by atoms with E-state index in [0.29, 0.717) is 19.3 Å². The Morgan fingerprint density at radius 3 is 0.775 bits per heavy atom. The van der Waals surface area contributed by atoms with E-state index in [1.807, 2.05) is 0 Å². The average molecular weight is 1110 g/mol. The normalized spacial score (nSPS) is 12.8. The Balaban J connectivity index is 4.13. The lowest BCUT2D eigenvalue weighted by molar-refractivity contribution is -0.167. The van der Waals surface area contributed by atoms with Crippen molar-refractivity contribution in [3.05, 3.63) is 109 Å². The molecule has 0 rings (SSSR count). The maximum absolute atomic E-state index is 12.9. The summed E-state index contributed by atoms with van der Waals surface area (Å²) in [7, 11) is 0. The maximum Gasteiger partial charge on any atom is 0.306 e. The van der Waals surface area contributed by atoms with Crippen molar-refractivity contribution >= 4 is 17.9 Å². The summed E-state index contributed by atoms with van der Waals surface area (Å²) in [6.07, 6.45) is 92.7. The first kappa shape index (κ1) is 76.1. The highest BCUT2D eigenvalue weighted by atomic mass is 16.6. The van der Waals surface area contributed by atoms with Crippen molar-refractivity contribution in [3.8, 4) is 0 Å². The molecular formula is C74H126O6. The van der Waals surface area contributed by atoms with Gasteiger partial charge in [-0.2, -0.15) is 0 Å². The third-order valence-corrected chi connectivity index (χ3v) is 14.5. The molecule has 0 heterocycles. The third kappa shape index (κ3) is 64.9. The lowest BCUT2D eigenvalue weighted by atomic mass is 10.0. The summed E-state index contributed by atoms with van der Waals surface area (Å²) in [6, 6.07) is 0. The Morgan fingerprint density at radius 2 is 0.487 bits per heavy atom.